The van der Waals surface area contributed by atoms with Gasteiger partial charge in [0.1, 0.15) is 17.8 Å². The summed E-state index contributed by atoms with van der Waals surface area (Å²) >= 11 is 0. The molecule has 0 spiro atoms. The summed E-state index contributed by atoms with van der Waals surface area (Å²) in [4.78, 5) is 9.09. The third-order valence-corrected chi connectivity index (χ3v) is 4.43. The number of hydrogen-bond donors (Lipinski definition) is 0. The Morgan fingerprint density at radius 1 is 1.11 bits per heavy atom. The van der Waals surface area contributed by atoms with Gasteiger partial charge in [-0.25, -0.2) is 9.97 Å². The zero-order valence-electron chi connectivity index (χ0n) is 15.5. The lowest BCUT2D eigenvalue weighted by Crippen LogP contribution is -2.23. The SMILES string of the molecule is CC(C)(C)c1ccc(OCC2CCN(c3cc(C(F)(F)F)ncn3)C2)nn1. The Bertz CT molecular complexity index is 774. The molecule has 1 atom stereocenters. The van der Waals surface area contributed by atoms with Crippen LogP contribution in [0.3, 0.4) is 0 Å². The van der Waals surface area contributed by atoms with Gasteiger partial charge in [0.25, 0.3) is 0 Å². The molecular formula is C18H22F3N5O. The molecule has 1 saturated heterocycles. The minimum atomic E-state index is -4.47. The van der Waals surface area contributed by atoms with Crippen LogP contribution in [0.15, 0.2) is 24.5 Å². The highest BCUT2D eigenvalue weighted by Gasteiger charge is 2.34. The van der Waals surface area contributed by atoms with Crippen LogP contribution in [0.4, 0.5) is 19.0 Å². The van der Waals surface area contributed by atoms with E-state index in [9.17, 15) is 13.2 Å². The number of nitrogens with zero attached hydrogens (tertiary/aromatic N) is 5. The minimum Gasteiger partial charge on any atom is -0.476 e. The van der Waals surface area contributed by atoms with Crippen LogP contribution in [-0.2, 0) is 11.6 Å². The van der Waals surface area contributed by atoms with E-state index in [4.69, 9.17) is 4.74 Å². The number of anilines is 1. The molecule has 0 amide bonds. The van der Waals surface area contributed by atoms with Crippen molar-refractivity contribution >= 4 is 5.82 Å². The maximum absolute atomic E-state index is 12.8. The lowest BCUT2D eigenvalue weighted by atomic mass is 9.92. The van der Waals surface area contributed by atoms with Gasteiger partial charge in [0, 0.05) is 36.6 Å². The fourth-order valence-electron chi connectivity index (χ4n) is 2.85. The number of alkyl halides is 3. The maximum atomic E-state index is 12.8. The van der Waals surface area contributed by atoms with Crippen LogP contribution in [-0.4, -0.2) is 39.9 Å². The molecule has 0 aromatic carbocycles. The summed E-state index contributed by atoms with van der Waals surface area (Å²) < 4.78 is 44.1. The Hall–Kier alpha value is -2.45. The second kappa shape index (κ2) is 7.28. The van der Waals surface area contributed by atoms with Crippen molar-refractivity contribution in [2.75, 3.05) is 24.6 Å². The van der Waals surface area contributed by atoms with Gasteiger partial charge < -0.3 is 9.64 Å². The van der Waals surface area contributed by atoms with E-state index in [1.54, 1.807) is 6.07 Å². The van der Waals surface area contributed by atoms with E-state index in [1.807, 2.05) is 11.0 Å². The second-order valence-electron chi connectivity index (χ2n) is 7.68. The molecule has 0 radical (unpaired) electrons. The van der Waals surface area contributed by atoms with Gasteiger partial charge in [-0.1, -0.05) is 20.8 Å². The third-order valence-electron chi connectivity index (χ3n) is 4.43. The van der Waals surface area contributed by atoms with Crippen LogP contribution in [0.5, 0.6) is 5.88 Å². The van der Waals surface area contributed by atoms with E-state index in [-0.39, 0.29) is 17.2 Å². The quantitative estimate of drug-likeness (QED) is 0.808. The zero-order valence-corrected chi connectivity index (χ0v) is 15.5. The molecule has 1 unspecified atom stereocenters. The molecule has 0 N–H and O–H groups in total. The predicted molar refractivity (Wildman–Crippen MR) is 93.6 cm³/mol. The number of aromatic nitrogens is 4. The molecule has 0 saturated carbocycles. The van der Waals surface area contributed by atoms with Crippen molar-refractivity contribution in [1.82, 2.24) is 20.2 Å². The van der Waals surface area contributed by atoms with Crippen LogP contribution in [0.25, 0.3) is 0 Å². The molecule has 0 bridgehead atoms. The smallest absolute Gasteiger partial charge is 0.433 e. The van der Waals surface area contributed by atoms with Gasteiger partial charge in [-0.15, -0.1) is 5.10 Å². The lowest BCUT2D eigenvalue weighted by molar-refractivity contribution is -0.141. The van der Waals surface area contributed by atoms with Crippen LogP contribution in [0.1, 0.15) is 38.6 Å². The van der Waals surface area contributed by atoms with E-state index < -0.39 is 11.9 Å². The lowest BCUT2D eigenvalue weighted by Gasteiger charge is -2.19. The first-order chi connectivity index (χ1) is 12.6. The summed E-state index contributed by atoms with van der Waals surface area (Å²) in [7, 11) is 0. The fourth-order valence-corrected chi connectivity index (χ4v) is 2.85. The summed E-state index contributed by atoms with van der Waals surface area (Å²) in [6, 6.07) is 4.67. The monoisotopic (exact) mass is 381 g/mol. The Labute approximate surface area is 155 Å². The second-order valence-corrected chi connectivity index (χ2v) is 7.68. The molecular weight excluding hydrogens is 359 g/mol. The van der Waals surface area contributed by atoms with Crippen molar-refractivity contribution in [2.45, 2.75) is 38.8 Å². The predicted octanol–water partition coefficient (Wildman–Crippen LogP) is 3.49. The van der Waals surface area contributed by atoms with Gasteiger partial charge >= 0.3 is 6.18 Å². The average molecular weight is 381 g/mol. The van der Waals surface area contributed by atoms with E-state index >= 15 is 0 Å². The zero-order chi connectivity index (χ0) is 19.7. The summed E-state index contributed by atoms with van der Waals surface area (Å²) in [6.45, 7) is 7.79. The Kier molecular flexibility index (Phi) is 5.21. The van der Waals surface area contributed by atoms with Crippen LogP contribution in [0, 0.1) is 5.92 Å². The Balaban J connectivity index is 1.56. The van der Waals surface area contributed by atoms with Crippen LogP contribution >= 0.6 is 0 Å². The van der Waals surface area contributed by atoms with Crippen molar-refractivity contribution in [2.24, 2.45) is 5.92 Å². The molecule has 6 nitrogen and oxygen atoms in total. The van der Waals surface area contributed by atoms with Crippen molar-refractivity contribution in [1.29, 1.82) is 0 Å². The molecule has 27 heavy (non-hydrogen) atoms. The molecule has 1 aliphatic heterocycles. The number of hydrogen-bond acceptors (Lipinski definition) is 6. The normalized spacial score (nSPS) is 18.0. The molecule has 1 aliphatic rings. The van der Waals surface area contributed by atoms with Crippen LogP contribution in [0.2, 0.25) is 0 Å². The molecule has 2 aromatic rings. The van der Waals surface area contributed by atoms with E-state index in [0.717, 1.165) is 24.5 Å². The number of halogens is 3. The minimum absolute atomic E-state index is 0.0791. The summed E-state index contributed by atoms with van der Waals surface area (Å²) in [6.07, 6.45) is -2.72. The topological polar surface area (TPSA) is 64.0 Å². The highest BCUT2D eigenvalue weighted by atomic mass is 19.4. The van der Waals surface area contributed by atoms with Gasteiger partial charge in [0.2, 0.25) is 5.88 Å². The number of ether oxygens (including phenoxy) is 1. The van der Waals surface area contributed by atoms with Crippen molar-refractivity contribution in [3.05, 3.63) is 35.9 Å². The van der Waals surface area contributed by atoms with E-state index in [2.05, 4.69) is 40.9 Å². The first-order valence-electron chi connectivity index (χ1n) is 8.74. The Morgan fingerprint density at radius 3 is 2.52 bits per heavy atom. The number of rotatable bonds is 4. The third kappa shape index (κ3) is 4.84. The molecule has 1 fully saturated rings. The average Bonchev–Trinajstić information content (AvgIpc) is 3.08. The van der Waals surface area contributed by atoms with E-state index in [1.165, 1.54) is 0 Å². The van der Waals surface area contributed by atoms with Gasteiger partial charge in [-0.05, 0) is 12.5 Å². The van der Waals surface area contributed by atoms with Gasteiger partial charge in [-0.2, -0.15) is 18.3 Å². The first-order valence-corrected chi connectivity index (χ1v) is 8.74. The highest BCUT2D eigenvalue weighted by molar-refractivity contribution is 5.40. The van der Waals surface area contributed by atoms with Crippen molar-refractivity contribution in [3.63, 3.8) is 0 Å². The summed E-state index contributed by atoms with van der Waals surface area (Å²) in [5, 5.41) is 8.27. The molecule has 2 aromatic heterocycles. The molecule has 0 aliphatic carbocycles. The molecule has 146 valence electrons. The van der Waals surface area contributed by atoms with Gasteiger partial charge in [0.15, 0.2) is 0 Å². The van der Waals surface area contributed by atoms with Gasteiger partial charge in [0.05, 0.1) is 12.3 Å². The van der Waals surface area contributed by atoms with Crippen LogP contribution < -0.4 is 9.64 Å². The maximum Gasteiger partial charge on any atom is 0.433 e. The van der Waals surface area contributed by atoms with Crippen molar-refractivity contribution in [3.8, 4) is 5.88 Å². The molecule has 3 heterocycles. The highest BCUT2D eigenvalue weighted by Crippen LogP contribution is 2.30. The van der Waals surface area contributed by atoms with E-state index in [0.29, 0.717) is 25.6 Å². The molecule has 9 heteroatoms. The standard InChI is InChI=1S/C18H22F3N5O/c1-17(2,3)13-4-5-16(25-24-13)27-10-12-6-7-26(9-12)15-8-14(18(19,20)21)22-11-23-15/h4-5,8,11-12H,6-7,9-10H2,1-3H3. The largest absolute Gasteiger partial charge is 0.476 e. The first kappa shape index (κ1) is 19.3. The summed E-state index contributed by atoms with van der Waals surface area (Å²) in [5.74, 6) is 0.912. The van der Waals surface area contributed by atoms with Crippen molar-refractivity contribution < 1.29 is 17.9 Å². The summed E-state index contributed by atoms with van der Waals surface area (Å²) in [5.41, 5.74) is -0.128. The fraction of sp³-hybridized carbons (Fsp3) is 0.556. The van der Waals surface area contributed by atoms with Gasteiger partial charge in [-0.3, -0.25) is 0 Å². The Morgan fingerprint density at radius 2 is 1.89 bits per heavy atom. The molecule has 3 rings (SSSR count).